The Morgan fingerprint density at radius 2 is 1.87 bits per heavy atom. The molecule has 1 fully saturated rings. The van der Waals surface area contributed by atoms with Crippen LogP contribution in [0.5, 0.6) is 0 Å². The lowest BCUT2D eigenvalue weighted by Crippen LogP contribution is -2.23. The summed E-state index contributed by atoms with van der Waals surface area (Å²) in [5, 5.41) is 0. The van der Waals surface area contributed by atoms with Gasteiger partial charge < -0.3 is 0 Å². The summed E-state index contributed by atoms with van der Waals surface area (Å²) in [5.41, 5.74) is 0. The lowest BCUT2D eigenvalue weighted by atomic mass is 9.75. The van der Waals surface area contributed by atoms with Crippen molar-refractivity contribution in [3.8, 4) is 0 Å². The smallest absolute Gasteiger partial charge is 0.0322 e. The van der Waals surface area contributed by atoms with Crippen LogP contribution >= 0.6 is 18.5 Å². The Morgan fingerprint density at radius 1 is 1.20 bits per heavy atom. The Hall–Kier alpha value is 0.600. The molecular weight excluding hydrogens is 218 g/mol. The largest absolute Gasteiger partial charge is 0.137 e. The van der Waals surface area contributed by atoms with E-state index in [1.807, 2.05) is 0 Å². The highest BCUT2D eigenvalue weighted by molar-refractivity contribution is 7.16. The standard InChI is InChI=1S/C13H26P2/c1-2-5-11(9-14)8-12-6-3-4-7-13(12)10-15/h2,11-13H,1,3-10,14-15H2. The van der Waals surface area contributed by atoms with E-state index < -0.39 is 0 Å². The molecular formula is C13H26P2. The minimum absolute atomic E-state index is 0.856. The Bertz CT molecular complexity index is 179. The first-order valence-corrected chi connectivity index (χ1v) is 7.96. The van der Waals surface area contributed by atoms with Crippen LogP contribution in [0.15, 0.2) is 12.7 Å². The molecule has 1 saturated carbocycles. The van der Waals surface area contributed by atoms with Gasteiger partial charge in [-0.05, 0) is 49.3 Å². The van der Waals surface area contributed by atoms with Crippen LogP contribution in [0.1, 0.15) is 38.5 Å². The summed E-state index contributed by atoms with van der Waals surface area (Å²) >= 11 is 0. The first-order valence-electron chi connectivity index (χ1n) is 6.32. The van der Waals surface area contributed by atoms with Crippen LogP contribution in [0.3, 0.4) is 0 Å². The van der Waals surface area contributed by atoms with E-state index in [9.17, 15) is 0 Å². The van der Waals surface area contributed by atoms with Crippen LogP contribution < -0.4 is 0 Å². The van der Waals surface area contributed by atoms with Crippen molar-refractivity contribution in [1.82, 2.24) is 0 Å². The third kappa shape index (κ3) is 4.54. The van der Waals surface area contributed by atoms with E-state index in [2.05, 4.69) is 31.1 Å². The van der Waals surface area contributed by atoms with Gasteiger partial charge in [0.1, 0.15) is 0 Å². The van der Waals surface area contributed by atoms with E-state index in [1.54, 1.807) is 0 Å². The molecule has 0 aromatic carbocycles. The van der Waals surface area contributed by atoms with Gasteiger partial charge in [-0.2, -0.15) is 0 Å². The van der Waals surface area contributed by atoms with E-state index in [1.165, 1.54) is 50.8 Å². The van der Waals surface area contributed by atoms with Gasteiger partial charge in [-0.15, -0.1) is 25.1 Å². The topological polar surface area (TPSA) is 0 Å². The normalized spacial score (nSPS) is 28.7. The van der Waals surface area contributed by atoms with Crippen LogP contribution in [-0.2, 0) is 0 Å². The molecule has 15 heavy (non-hydrogen) atoms. The highest BCUT2D eigenvalue weighted by Crippen LogP contribution is 2.36. The fourth-order valence-corrected chi connectivity index (χ4v) is 3.86. The number of rotatable bonds is 6. The Kier molecular flexibility index (Phi) is 7.11. The summed E-state index contributed by atoms with van der Waals surface area (Å²) in [6.45, 7) is 3.87. The van der Waals surface area contributed by atoms with Crippen molar-refractivity contribution in [2.45, 2.75) is 38.5 Å². The molecule has 0 N–H and O–H groups in total. The molecule has 5 atom stereocenters. The van der Waals surface area contributed by atoms with Crippen molar-refractivity contribution >= 4 is 18.5 Å². The maximum Gasteiger partial charge on any atom is -0.0322 e. The fraction of sp³-hybridized carbons (Fsp3) is 0.846. The zero-order valence-corrected chi connectivity index (χ0v) is 12.1. The number of allylic oxidation sites excluding steroid dienone is 1. The van der Waals surface area contributed by atoms with E-state index in [4.69, 9.17) is 0 Å². The molecule has 1 aliphatic carbocycles. The van der Waals surface area contributed by atoms with Crippen LogP contribution in [0, 0.1) is 17.8 Å². The molecule has 0 heterocycles. The fourth-order valence-electron chi connectivity index (χ4n) is 2.86. The second-order valence-electron chi connectivity index (χ2n) is 4.90. The predicted octanol–water partition coefficient (Wildman–Crippen LogP) is 4.13. The summed E-state index contributed by atoms with van der Waals surface area (Å²) in [4.78, 5) is 0. The maximum absolute atomic E-state index is 3.87. The molecule has 0 nitrogen and oxygen atoms in total. The maximum atomic E-state index is 3.87. The van der Waals surface area contributed by atoms with Crippen molar-refractivity contribution < 1.29 is 0 Å². The highest BCUT2D eigenvalue weighted by Gasteiger charge is 2.25. The molecule has 0 aromatic rings. The summed E-state index contributed by atoms with van der Waals surface area (Å²) in [6, 6.07) is 0. The van der Waals surface area contributed by atoms with Crippen LogP contribution in [0.25, 0.3) is 0 Å². The molecule has 0 spiro atoms. The monoisotopic (exact) mass is 244 g/mol. The Balaban J connectivity index is 2.41. The predicted molar refractivity (Wildman–Crippen MR) is 77.5 cm³/mol. The molecule has 2 heteroatoms. The SMILES string of the molecule is C=CCC(CP)CC1CCCCC1CP. The molecule has 0 amide bonds. The molecule has 0 saturated heterocycles. The van der Waals surface area contributed by atoms with Gasteiger partial charge in [0.2, 0.25) is 0 Å². The zero-order chi connectivity index (χ0) is 11.1. The van der Waals surface area contributed by atoms with Gasteiger partial charge in [0.15, 0.2) is 0 Å². The lowest BCUT2D eigenvalue weighted by Gasteiger charge is -2.33. The minimum atomic E-state index is 0.856. The van der Waals surface area contributed by atoms with E-state index >= 15 is 0 Å². The third-order valence-corrected chi connectivity index (χ3v) is 5.11. The van der Waals surface area contributed by atoms with Crippen molar-refractivity contribution in [2.75, 3.05) is 12.3 Å². The van der Waals surface area contributed by atoms with E-state index in [0.717, 1.165) is 17.8 Å². The van der Waals surface area contributed by atoms with Crippen molar-refractivity contribution in [2.24, 2.45) is 17.8 Å². The second-order valence-corrected chi connectivity index (χ2v) is 5.84. The van der Waals surface area contributed by atoms with Crippen molar-refractivity contribution in [3.63, 3.8) is 0 Å². The molecule has 1 aliphatic rings. The highest BCUT2D eigenvalue weighted by atomic mass is 31.0. The van der Waals surface area contributed by atoms with Gasteiger partial charge in [-0.1, -0.05) is 25.3 Å². The van der Waals surface area contributed by atoms with Crippen molar-refractivity contribution in [1.29, 1.82) is 0 Å². The zero-order valence-electron chi connectivity index (χ0n) is 9.83. The molecule has 88 valence electrons. The minimum Gasteiger partial charge on any atom is -0.137 e. The van der Waals surface area contributed by atoms with Gasteiger partial charge in [-0.3, -0.25) is 0 Å². The van der Waals surface area contributed by atoms with E-state index in [-0.39, 0.29) is 0 Å². The molecule has 0 aromatic heterocycles. The number of hydrogen-bond donors (Lipinski definition) is 0. The average Bonchev–Trinajstić information content (AvgIpc) is 2.29. The molecule has 0 radical (unpaired) electrons. The van der Waals surface area contributed by atoms with Gasteiger partial charge in [0.05, 0.1) is 0 Å². The molecule has 0 aliphatic heterocycles. The van der Waals surface area contributed by atoms with Crippen molar-refractivity contribution in [3.05, 3.63) is 12.7 Å². The summed E-state index contributed by atoms with van der Waals surface area (Å²) in [6.07, 6.45) is 13.1. The van der Waals surface area contributed by atoms with Crippen LogP contribution in [0.4, 0.5) is 0 Å². The molecule has 0 bridgehead atoms. The third-order valence-electron chi connectivity index (χ3n) is 3.84. The van der Waals surface area contributed by atoms with E-state index in [0.29, 0.717) is 0 Å². The second kappa shape index (κ2) is 7.81. The van der Waals surface area contributed by atoms with Crippen LogP contribution in [0.2, 0.25) is 0 Å². The Morgan fingerprint density at radius 3 is 2.40 bits per heavy atom. The van der Waals surface area contributed by atoms with Gasteiger partial charge in [-0.25, -0.2) is 0 Å². The first kappa shape index (κ1) is 13.7. The summed E-state index contributed by atoms with van der Waals surface area (Å²) < 4.78 is 0. The Labute approximate surface area is 100 Å². The lowest BCUT2D eigenvalue weighted by molar-refractivity contribution is 0.221. The van der Waals surface area contributed by atoms with Gasteiger partial charge in [0.25, 0.3) is 0 Å². The summed E-state index contributed by atoms with van der Waals surface area (Å²) in [5.74, 6) is 2.82. The average molecular weight is 244 g/mol. The number of hydrogen-bond acceptors (Lipinski definition) is 0. The quantitative estimate of drug-likeness (QED) is 0.487. The van der Waals surface area contributed by atoms with Gasteiger partial charge >= 0.3 is 0 Å². The van der Waals surface area contributed by atoms with Crippen LogP contribution in [-0.4, -0.2) is 12.3 Å². The first-order chi connectivity index (χ1) is 7.31. The molecule has 1 rings (SSSR count). The molecule has 5 unspecified atom stereocenters. The summed E-state index contributed by atoms with van der Waals surface area (Å²) in [7, 11) is 5.86. The van der Waals surface area contributed by atoms with Gasteiger partial charge in [0, 0.05) is 0 Å².